The third kappa shape index (κ3) is 6.12. The second-order valence-corrected chi connectivity index (χ2v) is 4.44. The largest absolute Gasteiger partial charge is 0.492 e. The van der Waals surface area contributed by atoms with Crippen molar-refractivity contribution in [1.82, 2.24) is 4.90 Å². The van der Waals surface area contributed by atoms with Crippen LogP contribution in [0.3, 0.4) is 0 Å². The summed E-state index contributed by atoms with van der Waals surface area (Å²) < 4.78 is 10.1. The van der Waals surface area contributed by atoms with E-state index in [1.165, 1.54) is 13.2 Å². The molecule has 1 rings (SSSR count). The second kappa shape index (κ2) is 8.79. The standard InChI is InChI=1S/C16H21NO4/c1-4-15(18)17(2)11-12-21-14-8-5-13(6-9-14)7-10-16(19)20-3/h5-10H,4,11-12H2,1-3H3/b10-7+. The van der Waals surface area contributed by atoms with Crippen molar-refractivity contribution in [2.45, 2.75) is 13.3 Å². The molecule has 0 bridgehead atoms. The number of hydrogen-bond donors (Lipinski definition) is 0. The van der Waals surface area contributed by atoms with E-state index in [4.69, 9.17) is 4.74 Å². The molecule has 5 nitrogen and oxygen atoms in total. The van der Waals surface area contributed by atoms with Gasteiger partial charge in [0.1, 0.15) is 12.4 Å². The number of esters is 1. The third-order valence-electron chi connectivity index (χ3n) is 2.92. The summed E-state index contributed by atoms with van der Waals surface area (Å²) in [6.45, 7) is 2.83. The molecule has 0 saturated carbocycles. The minimum Gasteiger partial charge on any atom is -0.492 e. The number of rotatable bonds is 7. The van der Waals surface area contributed by atoms with Gasteiger partial charge in [0.2, 0.25) is 5.91 Å². The van der Waals surface area contributed by atoms with Gasteiger partial charge in [-0.1, -0.05) is 19.1 Å². The lowest BCUT2D eigenvalue weighted by atomic mass is 10.2. The normalized spacial score (nSPS) is 10.4. The average Bonchev–Trinajstić information content (AvgIpc) is 2.52. The number of hydrogen-bond acceptors (Lipinski definition) is 4. The first-order valence-corrected chi connectivity index (χ1v) is 6.79. The van der Waals surface area contributed by atoms with Crippen molar-refractivity contribution in [1.29, 1.82) is 0 Å². The van der Waals surface area contributed by atoms with Gasteiger partial charge in [0.05, 0.1) is 13.7 Å². The molecule has 0 aliphatic carbocycles. The molecule has 0 heterocycles. The van der Waals surface area contributed by atoms with Crippen LogP contribution in [0.5, 0.6) is 5.75 Å². The number of nitrogens with zero attached hydrogens (tertiary/aromatic N) is 1. The number of ether oxygens (including phenoxy) is 2. The highest BCUT2D eigenvalue weighted by atomic mass is 16.5. The number of methoxy groups -OCH3 is 1. The Morgan fingerprint density at radius 1 is 1.24 bits per heavy atom. The van der Waals surface area contributed by atoms with Crippen LogP contribution in [-0.2, 0) is 14.3 Å². The van der Waals surface area contributed by atoms with Crippen LogP contribution < -0.4 is 4.74 Å². The van der Waals surface area contributed by atoms with Crippen LogP contribution in [0.2, 0.25) is 0 Å². The lowest BCUT2D eigenvalue weighted by Crippen LogP contribution is -2.30. The Bertz CT molecular complexity index is 494. The van der Waals surface area contributed by atoms with Crippen LogP contribution in [0.25, 0.3) is 6.08 Å². The average molecular weight is 291 g/mol. The van der Waals surface area contributed by atoms with E-state index in [0.29, 0.717) is 19.6 Å². The Hall–Kier alpha value is -2.30. The zero-order valence-electron chi connectivity index (χ0n) is 12.7. The molecule has 0 atom stereocenters. The molecule has 0 spiro atoms. The van der Waals surface area contributed by atoms with Crippen LogP contribution in [0.4, 0.5) is 0 Å². The van der Waals surface area contributed by atoms with Crippen LogP contribution in [0, 0.1) is 0 Å². The van der Waals surface area contributed by atoms with E-state index in [9.17, 15) is 9.59 Å². The van der Waals surface area contributed by atoms with E-state index in [1.807, 2.05) is 31.2 Å². The van der Waals surface area contributed by atoms with Crippen LogP contribution in [-0.4, -0.2) is 44.1 Å². The van der Waals surface area contributed by atoms with Crippen molar-refractivity contribution in [3.63, 3.8) is 0 Å². The van der Waals surface area contributed by atoms with Crippen molar-refractivity contribution >= 4 is 18.0 Å². The van der Waals surface area contributed by atoms with E-state index in [2.05, 4.69) is 4.74 Å². The van der Waals surface area contributed by atoms with Crippen LogP contribution in [0.15, 0.2) is 30.3 Å². The molecule has 1 aromatic carbocycles. The molecule has 21 heavy (non-hydrogen) atoms. The van der Waals surface area contributed by atoms with E-state index >= 15 is 0 Å². The van der Waals surface area contributed by atoms with Crippen molar-refractivity contribution in [2.24, 2.45) is 0 Å². The Morgan fingerprint density at radius 2 is 1.90 bits per heavy atom. The minimum absolute atomic E-state index is 0.0990. The molecule has 5 heteroatoms. The quantitative estimate of drug-likeness (QED) is 0.570. The van der Waals surface area contributed by atoms with Gasteiger partial charge in [-0.25, -0.2) is 4.79 Å². The monoisotopic (exact) mass is 291 g/mol. The highest BCUT2D eigenvalue weighted by Crippen LogP contribution is 2.13. The number of benzene rings is 1. The molecule has 1 amide bonds. The zero-order valence-corrected chi connectivity index (χ0v) is 12.7. The number of amides is 1. The molecule has 0 N–H and O–H groups in total. The predicted molar refractivity (Wildman–Crippen MR) is 80.9 cm³/mol. The fourth-order valence-electron chi connectivity index (χ4n) is 1.60. The van der Waals surface area contributed by atoms with Crippen molar-refractivity contribution in [3.05, 3.63) is 35.9 Å². The molecule has 0 aliphatic rings. The topological polar surface area (TPSA) is 55.8 Å². The molecule has 0 fully saturated rings. The zero-order chi connectivity index (χ0) is 15.7. The minimum atomic E-state index is -0.390. The first kappa shape index (κ1) is 16.8. The smallest absolute Gasteiger partial charge is 0.330 e. The second-order valence-electron chi connectivity index (χ2n) is 4.44. The van der Waals surface area contributed by atoms with Gasteiger partial charge >= 0.3 is 5.97 Å². The first-order chi connectivity index (χ1) is 10.1. The summed E-state index contributed by atoms with van der Waals surface area (Å²) in [6, 6.07) is 7.32. The lowest BCUT2D eigenvalue weighted by Gasteiger charge is -2.16. The Labute approximate surface area is 125 Å². The molecule has 114 valence electrons. The van der Waals surface area contributed by atoms with Gasteiger partial charge in [-0.2, -0.15) is 0 Å². The van der Waals surface area contributed by atoms with Gasteiger partial charge in [-0.05, 0) is 23.8 Å². The maximum absolute atomic E-state index is 11.4. The predicted octanol–water partition coefficient (Wildman–Crippen LogP) is 2.12. The molecule has 0 unspecified atom stereocenters. The van der Waals surface area contributed by atoms with Gasteiger partial charge in [-0.3, -0.25) is 4.79 Å². The number of carbonyl (C=O) groups excluding carboxylic acids is 2. The van der Waals surface area contributed by atoms with E-state index in [-0.39, 0.29) is 11.9 Å². The van der Waals surface area contributed by atoms with Gasteiger partial charge in [-0.15, -0.1) is 0 Å². The summed E-state index contributed by atoms with van der Waals surface area (Å²) in [4.78, 5) is 24.0. The van der Waals surface area contributed by atoms with Crippen LogP contribution in [0.1, 0.15) is 18.9 Å². The fraction of sp³-hybridized carbons (Fsp3) is 0.375. The number of likely N-dealkylation sites (N-methyl/N-ethyl adjacent to an activating group) is 1. The molecule has 1 aromatic rings. The maximum atomic E-state index is 11.4. The Balaban J connectivity index is 2.43. The Morgan fingerprint density at radius 3 is 2.48 bits per heavy atom. The summed E-state index contributed by atoms with van der Waals surface area (Å²) >= 11 is 0. The lowest BCUT2D eigenvalue weighted by molar-refractivity contribution is -0.134. The highest BCUT2D eigenvalue weighted by Gasteiger charge is 2.05. The molecular weight excluding hydrogens is 270 g/mol. The number of carbonyl (C=O) groups is 2. The van der Waals surface area contributed by atoms with Gasteiger partial charge in [0, 0.05) is 19.5 Å². The summed E-state index contributed by atoms with van der Waals surface area (Å²) in [5, 5.41) is 0. The van der Waals surface area contributed by atoms with E-state index in [1.54, 1.807) is 18.0 Å². The van der Waals surface area contributed by atoms with E-state index in [0.717, 1.165) is 11.3 Å². The van der Waals surface area contributed by atoms with Gasteiger partial charge < -0.3 is 14.4 Å². The maximum Gasteiger partial charge on any atom is 0.330 e. The van der Waals surface area contributed by atoms with Crippen molar-refractivity contribution in [3.8, 4) is 5.75 Å². The Kier molecular flexibility index (Phi) is 7.01. The molecule has 0 radical (unpaired) electrons. The summed E-state index contributed by atoms with van der Waals surface area (Å²) in [7, 11) is 3.10. The van der Waals surface area contributed by atoms with Crippen molar-refractivity contribution < 1.29 is 19.1 Å². The van der Waals surface area contributed by atoms with Gasteiger partial charge in [0.25, 0.3) is 0 Å². The highest BCUT2D eigenvalue weighted by molar-refractivity contribution is 5.86. The van der Waals surface area contributed by atoms with Crippen LogP contribution >= 0.6 is 0 Å². The van der Waals surface area contributed by atoms with Crippen molar-refractivity contribution in [2.75, 3.05) is 27.3 Å². The summed E-state index contributed by atoms with van der Waals surface area (Å²) in [6.07, 6.45) is 3.53. The molecular formula is C16H21NO4. The molecule has 0 aromatic heterocycles. The third-order valence-corrected chi connectivity index (χ3v) is 2.92. The van der Waals surface area contributed by atoms with E-state index < -0.39 is 0 Å². The van der Waals surface area contributed by atoms with Gasteiger partial charge in [0.15, 0.2) is 0 Å². The fourth-order valence-corrected chi connectivity index (χ4v) is 1.60. The molecule has 0 aliphatic heterocycles. The summed E-state index contributed by atoms with van der Waals surface area (Å²) in [5.41, 5.74) is 0.881. The molecule has 0 saturated heterocycles. The SMILES string of the molecule is CCC(=O)N(C)CCOc1ccc(/C=C/C(=O)OC)cc1. The summed E-state index contributed by atoms with van der Waals surface area (Å²) in [5.74, 6) is 0.434. The first-order valence-electron chi connectivity index (χ1n) is 6.79.